The number of hydrogen-bond donors (Lipinski definition) is 2. The molecule has 1 aromatic carbocycles. The Morgan fingerprint density at radius 3 is 2.56 bits per heavy atom. The average molecular weight is 270 g/mol. The summed E-state index contributed by atoms with van der Waals surface area (Å²) in [4.78, 5) is 11.5. The number of rotatable bonds is 7. The van der Waals surface area contributed by atoms with Gasteiger partial charge in [-0.25, -0.2) is 0 Å². The molecule has 0 spiro atoms. The number of hydrogen-bond acceptors (Lipinski definition) is 4. The predicted molar refractivity (Wildman–Crippen MR) is 73.4 cm³/mol. The van der Waals surface area contributed by atoms with Crippen LogP contribution < -0.4 is 15.4 Å². The minimum atomic E-state index is -0.830. The standard InChI is InChI=1S/C12H18N2O3S/c1-17-11-5-3-10(4-6-11)14-12(15)9-13-7-8-18(2)16/h3-6,13H,7-9H2,1-2H3,(H,14,15). The van der Waals surface area contributed by atoms with Gasteiger partial charge in [0.1, 0.15) is 5.75 Å². The summed E-state index contributed by atoms with van der Waals surface area (Å²) in [5.41, 5.74) is 0.724. The highest BCUT2D eigenvalue weighted by Gasteiger charge is 2.02. The largest absolute Gasteiger partial charge is 0.497 e. The van der Waals surface area contributed by atoms with Crippen LogP contribution in [0.2, 0.25) is 0 Å². The van der Waals surface area contributed by atoms with Crippen molar-refractivity contribution >= 4 is 22.4 Å². The molecule has 0 aliphatic rings. The highest BCUT2D eigenvalue weighted by molar-refractivity contribution is 7.84. The number of anilines is 1. The molecule has 1 amide bonds. The Hall–Kier alpha value is -1.40. The van der Waals surface area contributed by atoms with E-state index in [4.69, 9.17) is 4.74 Å². The molecule has 5 nitrogen and oxygen atoms in total. The molecule has 6 heteroatoms. The lowest BCUT2D eigenvalue weighted by Gasteiger charge is -2.07. The van der Waals surface area contributed by atoms with Crippen molar-refractivity contribution in [3.8, 4) is 5.75 Å². The molecule has 2 N–H and O–H groups in total. The normalized spacial score (nSPS) is 11.9. The molecule has 1 atom stereocenters. The van der Waals surface area contributed by atoms with Gasteiger partial charge in [-0.3, -0.25) is 9.00 Å². The zero-order valence-corrected chi connectivity index (χ0v) is 11.4. The predicted octanol–water partition coefficient (Wildman–Crippen LogP) is 0.602. The Kier molecular flexibility index (Phi) is 6.38. The summed E-state index contributed by atoms with van der Waals surface area (Å²) < 4.78 is 15.8. The average Bonchev–Trinajstić information content (AvgIpc) is 2.35. The third-order valence-corrected chi connectivity index (χ3v) is 3.00. The van der Waals surface area contributed by atoms with Crippen molar-refractivity contribution in [2.45, 2.75) is 0 Å². The van der Waals surface area contributed by atoms with Crippen LogP contribution in [-0.2, 0) is 15.6 Å². The highest BCUT2D eigenvalue weighted by Crippen LogP contribution is 2.14. The van der Waals surface area contributed by atoms with Gasteiger partial charge in [0.15, 0.2) is 0 Å². The number of nitrogens with one attached hydrogen (secondary N) is 2. The number of benzene rings is 1. The fourth-order valence-corrected chi connectivity index (χ4v) is 1.73. The second-order valence-electron chi connectivity index (χ2n) is 3.73. The Labute approximate surface area is 109 Å². The second-order valence-corrected chi connectivity index (χ2v) is 5.29. The van der Waals surface area contributed by atoms with Gasteiger partial charge in [0.05, 0.1) is 13.7 Å². The summed E-state index contributed by atoms with van der Waals surface area (Å²) >= 11 is 0. The lowest BCUT2D eigenvalue weighted by molar-refractivity contribution is -0.115. The van der Waals surface area contributed by atoms with Crippen LogP contribution in [0.5, 0.6) is 5.75 Å². The first kappa shape index (κ1) is 14.7. The van der Waals surface area contributed by atoms with Crippen molar-refractivity contribution in [3.05, 3.63) is 24.3 Å². The summed E-state index contributed by atoms with van der Waals surface area (Å²) in [5, 5.41) is 5.68. The van der Waals surface area contributed by atoms with Gasteiger partial charge in [-0.15, -0.1) is 0 Å². The lowest BCUT2D eigenvalue weighted by Crippen LogP contribution is -2.30. The van der Waals surface area contributed by atoms with E-state index in [-0.39, 0.29) is 12.5 Å². The summed E-state index contributed by atoms with van der Waals surface area (Å²) in [6, 6.07) is 7.11. The van der Waals surface area contributed by atoms with Crippen molar-refractivity contribution in [2.24, 2.45) is 0 Å². The van der Waals surface area contributed by atoms with E-state index in [1.807, 2.05) is 0 Å². The van der Waals surface area contributed by atoms with E-state index in [2.05, 4.69) is 10.6 Å². The van der Waals surface area contributed by atoms with Gasteiger partial charge in [-0.2, -0.15) is 0 Å². The fraction of sp³-hybridized carbons (Fsp3) is 0.417. The van der Waals surface area contributed by atoms with Gasteiger partial charge < -0.3 is 15.4 Å². The van der Waals surface area contributed by atoms with Crippen LogP contribution in [0.4, 0.5) is 5.69 Å². The molecule has 1 aromatic rings. The quantitative estimate of drug-likeness (QED) is 0.712. The van der Waals surface area contributed by atoms with Gasteiger partial charge in [0.2, 0.25) is 5.91 Å². The van der Waals surface area contributed by atoms with Crippen molar-refractivity contribution in [1.29, 1.82) is 0 Å². The van der Waals surface area contributed by atoms with Crippen molar-refractivity contribution in [3.63, 3.8) is 0 Å². The van der Waals surface area contributed by atoms with Crippen LogP contribution in [0.25, 0.3) is 0 Å². The van der Waals surface area contributed by atoms with E-state index in [1.54, 1.807) is 37.6 Å². The van der Waals surface area contributed by atoms with E-state index < -0.39 is 10.8 Å². The molecule has 0 bridgehead atoms. The minimum Gasteiger partial charge on any atom is -0.497 e. The van der Waals surface area contributed by atoms with Gasteiger partial charge in [-0.1, -0.05) is 0 Å². The van der Waals surface area contributed by atoms with Crippen molar-refractivity contribution < 1.29 is 13.7 Å². The number of methoxy groups -OCH3 is 1. The molecular formula is C12H18N2O3S. The van der Waals surface area contributed by atoms with Crippen LogP contribution >= 0.6 is 0 Å². The van der Waals surface area contributed by atoms with E-state index in [9.17, 15) is 9.00 Å². The maximum absolute atomic E-state index is 11.5. The van der Waals surface area contributed by atoms with Gasteiger partial charge in [0, 0.05) is 35.0 Å². The SMILES string of the molecule is COc1ccc(NC(=O)CNCCS(C)=O)cc1. The summed E-state index contributed by atoms with van der Waals surface area (Å²) in [6.45, 7) is 0.780. The van der Waals surface area contributed by atoms with Crippen molar-refractivity contribution in [1.82, 2.24) is 5.32 Å². The molecule has 100 valence electrons. The van der Waals surface area contributed by atoms with E-state index in [0.717, 1.165) is 11.4 Å². The first-order chi connectivity index (χ1) is 8.61. The summed E-state index contributed by atoms with van der Waals surface area (Å²) in [5.74, 6) is 1.18. The molecule has 0 fully saturated rings. The lowest BCUT2D eigenvalue weighted by atomic mass is 10.3. The Morgan fingerprint density at radius 1 is 1.33 bits per heavy atom. The number of amides is 1. The number of ether oxygens (including phenoxy) is 1. The molecular weight excluding hydrogens is 252 g/mol. The third-order valence-electron chi connectivity index (χ3n) is 2.23. The molecule has 1 unspecified atom stereocenters. The molecule has 0 radical (unpaired) electrons. The molecule has 0 aliphatic heterocycles. The molecule has 0 aliphatic carbocycles. The zero-order chi connectivity index (χ0) is 13.4. The topological polar surface area (TPSA) is 67.4 Å². The van der Waals surface area contributed by atoms with E-state index in [0.29, 0.717) is 12.3 Å². The van der Waals surface area contributed by atoms with Gasteiger partial charge in [-0.05, 0) is 24.3 Å². The fourth-order valence-electron chi connectivity index (χ4n) is 1.30. The molecule has 0 saturated carbocycles. The molecule has 0 heterocycles. The van der Waals surface area contributed by atoms with Gasteiger partial charge >= 0.3 is 0 Å². The van der Waals surface area contributed by atoms with Crippen molar-refractivity contribution in [2.75, 3.05) is 37.5 Å². The zero-order valence-electron chi connectivity index (χ0n) is 10.6. The maximum atomic E-state index is 11.5. The smallest absolute Gasteiger partial charge is 0.238 e. The molecule has 0 aromatic heterocycles. The highest BCUT2D eigenvalue weighted by atomic mass is 32.2. The van der Waals surface area contributed by atoms with Crippen LogP contribution in [0.1, 0.15) is 0 Å². The Morgan fingerprint density at radius 2 is 2.00 bits per heavy atom. The Balaban J connectivity index is 2.28. The van der Waals surface area contributed by atoms with Gasteiger partial charge in [0.25, 0.3) is 0 Å². The molecule has 18 heavy (non-hydrogen) atoms. The number of carbonyl (C=O) groups is 1. The van der Waals surface area contributed by atoms with E-state index in [1.165, 1.54) is 0 Å². The van der Waals surface area contributed by atoms with Crippen LogP contribution in [0.15, 0.2) is 24.3 Å². The Bertz CT molecular complexity index is 406. The first-order valence-corrected chi connectivity index (χ1v) is 7.29. The van der Waals surface area contributed by atoms with E-state index >= 15 is 0 Å². The minimum absolute atomic E-state index is 0.123. The first-order valence-electron chi connectivity index (χ1n) is 5.56. The summed E-state index contributed by atoms with van der Waals surface area (Å²) in [7, 11) is 0.762. The van der Waals surface area contributed by atoms with Crippen LogP contribution in [0, 0.1) is 0 Å². The second kappa shape index (κ2) is 7.84. The van der Waals surface area contributed by atoms with Crippen LogP contribution in [-0.4, -0.2) is 42.3 Å². The maximum Gasteiger partial charge on any atom is 0.238 e. The van der Waals surface area contributed by atoms with Crippen LogP contribution in [0.3, 0.4) is 0 Å². The monoisotopic (exact) mass is 270 g/mol. The molecule has 0 saturated heterocycles. The molecule has 1 rings (SSSR count). The summed E-state index contributed by atoms with van der Waals surface area (Å²) in [6.07, 6.45) is 1.64. The number of carbonyl (C=O) groups excluding carboxylic acids is 1. The third kappa shape index (κ3) is 5.79.